The van der Waals surface area contributed by atoms with Crippen LogP contribution in [0.15, 0.2) is 84.0 Å². The summed E-state index contributed by atoms with van der Waals surface area (Å²) in [5.41, 5.74) is 4.49. The topological polar surface area (TPSA) is 69.2 Å². The molecule has 3 aromatic carbocycles. The van der Waals surface area contributed by atoms with Gasteiger partial charge in [0.25, 0.3) is 0 Å². The molecule has 31 heavy (non-hydrogen) atoms. The highest BCUT2D eigenvalue weighted by Crippen LogP contribution is 2.41. The monoisotopic (exact) mass is 428 g/mol. The Morgan fingerprint density at radius 2 is 1.71 bits per heavy atom. The molecule has 7 heteroatoms. The molecule has 0 saturated heterocycles. The first-order valence-electron chi connectivity index (χ1n) is 9.89. The lowest BCUT2D eigenvalue weighted by atomic mass is 10.1. The number of nitrogens with one attached hydrogen (secondary N) is 1. The van der Waals surface area contributed by atoms with Gasteiger partial charge in [-0.15, -0.1) is 10.2 Å². The third-order valence-electron chi connectivity index (χ3n) is 4.97. The third-order valence-corrected chi connectivity index (χ3v) is 5.87. The summed E-state index contributed by atoms with van der Waals surface area (Å²) in [5.74, 6) is 1.94. The highest BCUT2D eigenvalue weighted by atomic mass is 32.2. The van der Waals surface area contributed by atoms with Crippen LogP contribution in [0.2, 0.25) is 0 Å². The zero-order valence-electron chi connectivity index (χ0n) is 16.9. The lowest BCUT2D eigenvalue weighted by Gasteiger charge is -2.21. The molecule has 4 aromatic rings. The molecule has 5 rings (SSSR count). The van der Waals surface area contributed by atoms with E-state index in [0.717, 1.165) is 28.3 Å². The molecule has 1 aliphatic heterocycles. The van der Waals surface area contributed by atoms with Crippen LogP contribution in [-0.4, -0.2) is 22.3 Å². The van der Waals surface area contributed by atoms with Gasteiger partial charge in [-0.1, -0.05) is 72.4 Å². The first-order chi connectivity index (χ1) is 15.3. The predicted molar refractivity (Wildman–Crippen MR) is 121 cm³/mol. The van der Waals surface area contributed by atoms with Crippen molar-refractivity contribution in [2.24, 2.45) is 0 Å². The van der Waals surface area contributed by atoms with E-state index in [1.807, 2.05) is 66.7 Å². The van der Waals surface area contributed by atoms with Crippen molar-refractivity contribution >= 4 is 17.4 Å². The van der Waals surface area contributed by atoms with Crippen molar-refractivity contribution in [1.82, 2.24) is 15.2 Å². The van der Waals surface area contributed by atoms with Crippen LogP contribution in [0.1, 0.15) is 17.4 Å². The van der Waals surface area contributed by atoms with Crippen molar-refractivity contribution in [1.29, 1.82) is 0 Å². The highest BCUT2D eigenvalue weighted by molar-refractivity contribution is 7.98. The minimum absolute atomic E-state index is 0.443. The number of thioether (sulfide) groups is 1. The van der Waals surface area contributed by atoms with Crippen LogP contribution in [0.4, 0.5) is 5.69 Å². The summed E-state index contributed by atoms with van der Waals surface area (Å²) >= 11 is 1.53. The molecule has 0 amide bonds. The maximum atomic E-state index is 6.34. The van der Waals surface area contributed by atoms with Gasteiger partial charge in [-0.2, -0.15) is 4.98 Å². The second kappa shape index (κ2) is 8.65. The molecule has 1 N–H and O–H groups in total. The normalized spacial score (nSPS) is 14.4. The Morgan fingerprint density at radius 1 is 0.935 bits per heavy atom. The average Bonchev–Trinajstić information content (AvgIpc) is 3.00. The third kappa shape index (κ3) is 4.04. The average molecular weight is 429 g/mol. The summed E-state index contributed by atoms with van der Waals surface area (Å²) in [6, 6.07) is 25.9. The number of hydrogen-bond acceptors (Lipinski definition) is 7. The van der Waals surface area contributed by atoms with E-state index in [0.29, 0.717) is 16.7 Å². The van der Waals surface area contributed by atoms with Gasteiger partial charge in [-0.25, -0.2) is 0 Å². The van der Waals surface area contributed by atoms with Crippen molar-refractivity contribution < 1.29 is 9.47 Å². The number of aromatic nitrogens is 3. The summed E-state index contributed by atoms with van der Waals surface area (Å²) in [4.78, 5) is 4.70. The minimum atomic E-state index is -0.484. The number of para-hydroxylation sites is 2. The molecule has 0 bridgehead atoms. The fraction of sp³-hybridized carbons (Fsp3) is 0.125. The fourth-order valence-electron chi connectivity index (χ4n) is 3.45. The predicted octanol–water partition coefficient (Wildman–Crippen LogP) is 5.34. The van der Waals surface area contributed by atoms with Gasteiger partial charge in [0.2, 0.25) is 17.3 Å². The van der Waals surface area contributed by atoms with Gasteiger partial charge in [-0.3, -0.25) is 0 Å². The lowest BCUT2D eigenvalue weighted by molar-refractivity contribution is 0.220. The largest absolute Gasteiger partial charge is 0.496 e. The number of nitrogens with zero attached hydrogens (tertiary/aromatic N) is 3. The fourth-order valence-corrected chi connectivity index (χ4v) is 4.19. The number of methoxy groups -OCH3 is 1. The van der Waals surface area contributed by atoms with Crippen LogP contribution in [0.3, 0.4) is 0 Å². The zero-order valence-corrected chi connectivity index (χ0v) is 17.7. The van der Waals surface area contributed by atoms with Gasteiger partial charge < -0.3 is 14.8 Å². The molecular formula is C24H20N4O2S. The molecule has 154 valence electrons. The van der Waals surface area contributed by atoms with Crippen LogP contribution in [0.25, 0.3) is 11.3 Å². The number of anilines is 1. The summed E-state index contributed by atoms with van der Waals surface area (Å²) in [6.07, 6.45) is -0.484. The zero-order chi connectivity index (χ0) is 21.0. The number of fused-ring (bicyclic) bond motifs is 3. The summed E-state index contributed by atoms with van der Waals surface area (Å²) in [7, 11) is 1.65. The van der Waals surface area contributed by atoms with E-state index in [1.165, 1.54) is 17.3 Å². The molecule has 0 radical (unpaired) electrons. The second-order valence-electron chi connectivity index (χ2n) is 6.95. The molecule has 6 nitrogen and oxygen atoms in total. The first-order valence-corrected chi connectivity index (χ1v) is 10.9. The van der Waals surface area contributed by atoms with Gasteiger partial charge in [-0.05, 0) is 23.8 Å². The lowest BCUT2D eigenvalue weighted by Crippen LogP contribution is -2.18. The second-order valence-corrected chi connectivity index (χ2v) is 7.89. The Kier molecular flexibility index (Phi) is 5.41. The quantitative estimate of drug-likeness (QED) is 0.430. The number of benzene rings is 3. The van der Waals surface area contributed by atoms with Crippen LogP contribution >= 0.6 is 11.8 Å². The van der Waals surface area contributed by atoms with E-state index < -0.39 is 6.23 Å². The summed E-state index contributed by atoms with van der Waals surface area (Å²) < 4.78 is 11.9. The maximum Gasteiger partial charge on any atom is 0.247 e. The van der Waals surface area contributed by atoms with Gasteiger partial charge >= 0.3 is 0 Å². The van der Waals surface area contributed by atoms with Crippen LogP contribution in [-0.2, 0) is 5.75 Å². The molecule has 0 unspecified atom stereocenters. The van der Waals surface area contributed by atoms with Crippen LogP contribution in [0, 0.1) is 0 Å². The number of ether oxygens (including phenoxy) is 2. The van der Waals surface area contributed by atoms with Crippen molar-refractivity contribution in [2.45, 2.75) is 17.1 Å². The van der Waals surface area contributed by atoms with E-state index in [9.17, 15) is 0 Å². The van der Waals surface area contributed by atoms with Crippen molar-refractivity contribution in [3.8, 4) is 22.9 Å². The van der Waals surface area contributed by atoms with E-state index in [1.54, 1.807) is 7.11 Å². The van der Waals surface area contributed by atoms with E-state index in [-0.39, 0.29) is 0 Å². The van der Waals surface area contributed by atoms with Gasteiger partial charge in [0.05, 0.1) is 12.7 Å². The molecule has 0 saturated carbocycles. The van der Waals surface area contributed by atoms with E-state index >= 15 is 0 Å². The van der Waals surface area contributed by atoms with Gasteiger partial charge in [0, 0.05) is 17.0 Å². The number of rotatable bonds is 5. The van der Waals surface area contributed by atoms with Crippen molar-refractivity contribution in [2.75, 3.05) is 12.4 Å². The Hall–Kier alpha value is -3.58. The van der Waals surface area contributed by atoms with E-state index in [2.05, 4.69) is 27.6 Å². The molecular weight excluding hydrogens is 408 g/mol. The smallest absolute Gasteiger partial charge is 0.247 e. The minimum Gasteiger partial charge on any atom is -0.496 e. The maximum absolute atomic E-state index is 6.34. The Morgan fingerprint density at radius 3 is 2.58 bits per heavy atom. The SMILES string of the molecule is COc1ccccc1[C@H]1Nc2ccccc2-c2nnc(SCc3ccccc3)nc2O1. The summed E-state index contributed by atoms with van der Waals surface area (Å²) in [5, 5.41) is 12.9. The molecule has 0 fully saturated rings. The Bertz CT molecular complexity index is 1200. The molecule has 0 spiro atoms. The Labute approximate surface area is 184 Å². The summed E-state index contributed by atoms with van der Waals surface area (Å²) in [6.45, 7) is 0. The van der Waals surface area contributed by atoms with Gasteiger partial charge in [0.15, 0.2) is 5.69 Å². The Balaban J connectivity index is 1.52. The van der Waals surface area contributed by atoms with Crippen LogP contribution in [0.5, 0.6) is 11.6 Å². The van der Waals surface area contributed by atoms with Crippen molar-refractivity contribution in [3.63, 3.8) is 0 Å². The standard InChI is InChI=1S/C24H20N4O2S/c1-29-20-14-8-6-12-18(20)22-25-19-13-7-5-11-17(19)21-23(30-22)26-24(28-27-21)31-15-16-9-3-2-4-10-16/h2-14,22,25H,15H2,1H3/t22-/m0/s1. The van der Waals surface area contributed by atoms with E-state index in [4.69, 9.17) is 14.5 Å². The van der Waals surface area contributed by atoms with Gasteiger partial charge in [0.1, 0.15) is 5.75 Å². The molecule has 1 aromatic heterocycles. The first kappa shape index (κ1) is 19.4. The number of hydrogen-bond donors (Lipinski definition) is 1. The molecule has 0 aliphatic carbocycles. The van der Waals surface area contributed by atoms with Crippen molar-refractivity contribution in [3.05, 3.63) is 90.0 Å². The molecule has 1 aliphatic rings. The molecule has 2 heterocycles. The molecule has 1 atom stereocenters. The van der Waals surface area contributed by atoms with Crippen LogP contribution < -0.4 is 14.8 Å². The highest BCUT2D eigenvalue weighted by Gasteiger charge is 2.27.